The lowest BCUT2D eigenvalue weighted by Crippen LogP contribution is -2.56. The molecule has 1 N–H and O–H groups in total. The highest BCUT2D eigenvalue weighted by Crippen LogP contribution is 2.63. The average molecular weight is 472 g/mol. The number of para-hydroxylation sites is 1. The van der Waals surface area contributed by atoms with Crippen molar-refractivity contribution in [2.24, 2.45) is 17.8 Å². The van der Waals surface area contributed by atoms with Crippen LogP contribution in [0.4, 0.5) is 4.79 Å². The molecule has 2 fully saturated rings. The first-order valence-electron chi connectivity index (χ1n) is 11.7. The maximum Gasteiger partial charge on any atom is 0.408 e. The van der Waals surface area contributed by atoms with Crippen molar-refractivity contribution in [1.29, 1.82) is 0 Å². The molecule has 1 aromatic carbocycles. The van der Waals surface area contributed by atoms with Crippen molar-refractivity contribution in [2.45, 2.75) is 44.8 Å². The molecule has 4 atom stereocenters. The predicted molar refractivity (Wildman–Crippen MR) is 125 cm³/mol. The van der Waals surface area contributed by atoms with Gasteiger partial charge in [-0.25, -0.2) is 9.59 Å². The van der Waals surface area contributed by atoms with Gasteiger partial charge in [0.2, 0.25) is 0 Å². The second-order valence-corrected chi connectivity index (χ2v) is 8.54. The Kier molecular flexibility index (Phi) is 8.73. The van der Waals surface area contributed by atoms with Crippen molar-refractivity contribution in [3.05, 3.63) is 55.1 Å². The van der Waals surface area contributed by atoms with E-state index in [9.17, 15) is 14.4 Å². The van der Waals surface area contributed by atoms with E-state index in [1.165, 1.54) is 12.2 Å². The van der Waals surface area contributed by atoms with E-state index in [4.69, 9.17) is 18.9 Å². The minimum atomic E-state index is -1.36. The van der Waals surface area contributed by atoms with E-state index in [0.717, 1.165) is 18.4 Å². The smallest absolute Gasteiger partial charge is 0.408 e. The number of hydrogen-bond acceptors (Lipinski definition) is 7. The lowest BCUT2D eigenvalue weighted by molar-refractivity contribution is -0.155. The summed E-state index contributed by atoms with van der Waals surface area (Å²) in [6.45, 7) is 9.80. The lowest BCUT2D eigenvalue weighted by Gasteiger charge is -2.30. The van der Waals surface area contributed by atoms with Gasteiger partial charge in [-0.3, -0.25) is 4.79 Å². The summed E-state index contributed by atoms with van der Waals surface area (Å²) in [6, 6.07) is 7.36. The topological polar surface area (TPSA) is 100 Å². The molecule has 0 heterocycles. The number of ether oxygens (including phenoxy) is 4. The Balaban J connectivity index is 1.74. The first-order chi connectivity index (χ1) is 16.5. The molecule has 2 saturated carbocycles. The number of unbranched alkanes of at least 4 members (excludes halogenated alkanes) is 1. The predicted octanol–water partition coefficient (Wildman–Crippen LogP) is 3.94. The van der Waals surface area contributed by atoms with E-state index in [-0.39, 0.29) is 25.7 Å². The Labute approximate surface area is 200 Å². The molecule has 0 unspecified atom stereocenters. The number of nitrogens with one attached hydrogen (secondary N) is 1. The third-order valence-electron chi connectivity index (χ3n) is 6.33. The molecule has 0 bridgehead atoms. The number of carbonyl (C=O) groups excluding carboxylic acids is 3. The number of rotatable bonds is 13. The van der Waals surface area contributed by atoms with Gasteiger partial charge < -0.3 is 24.3 Å². The van der Waals surface area contributed by atoms with E-state index >= 15 is 0 Å². The Morgan fingerprint density at radius 1 is 1.12 bits per heavy atom. The second kappa shape index (κ2) is 11.7. The number of fused-ring (bicyclic) bond motifs is 1. The van der Waals surface area contributed by atoms with Gasteiger partial charge in [-0.15, -0.1) is 0 Å². The fourth-order valence-electron chi connectivity index (χ4n) is 4.67. The fraction of sp³-hybridized carbons (Fsp3) is 0.500. The fourth-order valence-corrected chi connectivity index (χ4v) is 4.67. The number of amides is 1. The van der Waals surface area contributed by atoms with Gasteiger partial charge in [0, 0.05) is 11.5 Å². The molecule has 8 nitrogen and oxygen atoms in total. The zero-order chi connectivity index (χ0) is 24.6. The van der Waals surface area contributed by atoms with Crippen LogP contribution in [0, 0.1) is 17.8 Å². The number of alkyl carbamates (subject to hydrolysis) is 1. The van der Waals surface area contributed by atoms with Crippen LogP contribution in [0.15, 0.2) is 49.6 Å². The van der Waals surface area contributed by atoms with E-state index in [2.05, 4.69) is 25.4 Å². The Hall–Kier alpha value is -3.29. The van der Waals surface area contributed by atoms with Crippen LogP contribution < -0.4 is 10.1 Å². The Morgan fingerprint density at radius 2 is 1.85 bits per heavy atom. The number of carbonyl (C=O) groups is 3. The zero-order valence-electron chi connectivity index (χ0n) is 19.6. The normalized spacial score (nSPS) is 24.3. The highest BCUT2D eigenvalue weighted by molar-refractivity contribution is 5.90. The largest absolute Gasteiger partial charge is 0.493 e. The molecular weight excluding hydrogens is 438 g/mol. The van der Waals surface area contributed by atoms with Crippen LogP contribution in [0.2, 0.25) is 0 Å². The van der Waals surface area contributed by atoms with Crippen molar-refractivity contribution in [3.8, 4) is 5.75 Å². The van der Waals surface area contributed by atoms with Crippen LogP contribution in [0.5, 0.6) is 5.75 Å². The molecule has 8 heteroatoms. The molecule has 0 aromatic heterocycles. The summed E-state index contributed by atoms with van der Waals surface area (Å²) < 4.78 is 21.8. The molecule has 184 valence electrons. The van der Waals surface area contributed by atoms with E-state index in [1.54, 1.807) is 0 Å². The van der Waals surface area contributed by atoms with Crippen LogP contribution in [0.3, 0.4) is 0 Å². The van der Waals surface area contributed by atoms with Crippen molar-refractivity contribution in [1.82, 2.24) is 5.32 Å². The van der Waals surface area contributed by atoms with Crippen molar-refractivity contribution in [2.75, 3.05) is 19.8 Å². The number of hydrogen-bond donors (Lipinski definition) is 1. The highest BCUT2D eigenvalue weighted by Gasteiger charge is 2.72. The minimum absolute atomic E-state index is 0.00165. The molecule has 0 saturated heterocycles. The second-order valence-electron chi connectivity index (χ2n) is 8.54. The first-order valence-corrected chi connectivity index (χ1v) is 11.7. The molecule has 0 spiro atoms. The summed E-state index contributed by atoms with van der Waals surface area (Å²) in [6.07, 6.45) is 5.03. The molecule has 1 amide bonds. The summed E-state index contributed by atoms with van der Waals surface area (Å²) >= 11 is 0. The molecule has 1 aromatic rings. The van der Waals surface area contributed by atoms with Crippen molar-refractivity contribution in [3.63, 3.8) is 0 Å². The average Bonchev–Trinajstić information content (AvgIpc) is 3.47. The monoisotopic (exact) mass is 471 g/mol. The summed E-state index contributed by atoms with van der Waals surface area (Å²) in [4.78, 5) is 38.3. The van der Waals surface area contributed by atoms with Crippen molar-refractivity contribution < 1.29 is 33.3 Å². The molecule has 3 rings (SSSR count). The van der Waals surface area contributed by atoms with Crippen LogP contribution in [0.25, 0.3) is 0 Å². The van der Waals surface area contributed by atoms with E-state index in [0.29, 0.717) is 25.2 Å². The van der Waals surface area contributed by atoms with Gasteiger partial charge in [0.1, 0.15) is 31.1 Å². The standard InChI is InChI=1S/C26H33NO7/c1-4-7-16-31-20-11-9-8-10-18(20)17-34-24(29)26(27-25(30)33-15-6-3)13-12-19-21(22(19)26)23(28)32-14-5-2/h5-6,8-11,19,21-22H,2-4,7,12-17H2,1H3,(H,27,30)/t19-,21-,22-,26-/m0/s1. The SMILES string of the molecule is C=CCOC(=O)N[C@@]1(C(=O)OCc2ccccc2OCCCC)CC[C@H]2[C@H](C(=O)OCC=C)[C@H]21. The van der Waals surface area contributed by atoms with E-state index < -0.39 is 35.4 Å². The van der Waals surface area contributed by atoms with Crippen LogP contribution >= 0.6 is 0 Å². The molecule has 34 heavy (non-hydrogen) atoms. The van der Waals surface area contributed by atoms with Gasteiger partial charge in [0.05, 0.1) is 12.5 Å². The summed E-state index contributed by atoms with van der Waals surface area (Å²) in [5.41, 5.74) is -0.637. The Morgan fingerprint density at radius 3 is 2.59 bits per heavy atom. The zero-order valence-corrected chi connectivity index (χ0v) is 19.6. The number of benzene rings is 1. The third-order valence-corrected chi connectivity index (χ3v) is 6.33. The summed E-state index contributed by atoms with van der Waals surface area (Å²) in [5, 5.41) is 2.71. The highest BCUT2D eigenvalue weighted by atomic mass is 16.6. The lowest BCUT2D eigenvalue weighted by atomic mass is 9.90. The maximum absolute atomic E-state index is 13.4. The van der Waals surface area contributed by atoms with Gasteiger partial charge in [0.25, 0.3) is 0 Å². The van der Waals surface area contributed by atoms with Gasteiger partial charge >= 0.3 is 18.0 Å². The Bertz CT molecular complexity index is 914. The molecule has 0 aliphatic heterocycles. The van der Waals surface area contributed by atoms with Crippen molar-refractivity contribution >= 4 is 18.0 Å². The van der Waals surface area contributed by atoms with Gasteiger partial charge in [-0.05, 0) is 31.2 Å². The van der Waals surface area contributed by atoms with E-state index in [1.807, 2.05) is 24.3 Å². The van der Waals surface area contributed by atoms with Crippen LogP contribution in [0.1, 0.15) is 38.2 Å². The maximum atomic E-state index is 13.4. The van der Waals surface area contributed by atoms with Gasteiger partial charge in [-0.2, -0.15) is 0 Å². The van der Waals surface area contributed by atoms with Gasteiger partial charge in [0.15, 0.2) is 0 Å². The quantitative estimate of drug-likeness (QED) is 0.201. The minimum Gasteiger partial charge on any atom is -0.493 e. The first kappa shape index (κ1) is 25.3. The van der Waals surface area contributed by atoms with Gasteiger partial charge in [-0.1, -0.05) is 56.9 Å². The molecular formula is C26H33NO7. The molecule has 0 radical (unpaired) electrons. The number of esters is 2. The third kappa shape index (κ3) is 5.61. The molecule has 2 aliphatic carbocycles. The molecule has 2 aliphatic rings. The summed E-state index contributed by atoms with van der Waals surface area (Å²) in [7, 11) is 0. The van der Waals surface area contributed by atoms with Crippen LogP contribution in [-0.2, 0) is 30.4 Å². The van der Waals surface area contributed by atoms with Crippen LogP contribution in [-0.4, -0.2) is 43.4 Å². The summed E-state index contributed by atoms with van der Waals surface area (Å²) in [5.74, 6) is -1.30.